The van der Waals surface area contributed by atoms with Crippen LogP contribution in [0.15, 0.2) is 53.7 Å². The van der Waals surface area contributed by atoms with Crippen LogP contribution in [0.5, 0.6) is 0 Å². The number of nitrogens with zero attached hydrogens (tertiary/aromatic N) is 4. The van der Waals surface area contributed by atoms with Crippen molar-refractivity contribution in [3.8, 4) is 0 Å². The Morgan fingerprint density at radius 3 is 2.73 bits per heavy atom. The van der Waals surface area contributed by atoms with Crippen LogP contribution in [0.1, 0.15) is 31.2 Å². The molecule has 0 saturated carbocycles. The topological polar surface area (TPSA) is 75.8 Å². The van der Waals surface area contributed by atoms with Crippen LogP contribution in [0, 0.1) is 0 Å². The largest absolute Gasteiger partial charge is 0.381 e. The maximum atomic E-state index is 6.58. The Bertz CT molecular complexity index is 1010. The first-order chi connectivity index (χ1) is 14.7. The summed E-state index contributed by atoms with van der Waals surface area (Å²) in [5.41, 5.74) is 1.90. The number of ether oxygens (including phenoxy) is 1. The summed E-state index contributed by atoms with van der Waals surface area (Å²) in [5, 5.41) is 16.1. The summed E-state index contributed by atoms with van der Waals surface area (Å²) >= 11 is 6.58. The van der Waals surface area contributed by atoms with Crippen LogP contribution in [0.4, 0.5) is 0 Å². The lowest BCUT2D eigenvalue weighted by Crippen LogP contribution is -2.48. The van der Waals surface area contributed by atoms with Gasteiger partial charge in [0.25, 0.3) is 0 Å². The number of nitrogens with one attached hydrogen (secondary N) is 2. The van der Waals surface area contributed by atoms with Crippen LogP contribution < -0.4 is 10.6 Å². The number of benzene rings is 1. The van der Waals surface area contributed by atoms with Crippen molar-refractivity contribution in [1.29, 1.82) is 0 Å². The summed E-state index contributed by atoms with van der Waals surface area (Å²) in [4.78, 5) is 4.74. The van der Waals surface area contributed by atoms with E-state index in [1.54, 1.807) is 0 Å². The number of pyridine rings is 1. The minimum atomic E-state index is -0.0889. The molecule has 30 heavy (non-hydrogen) atoms. The second-order valence-corrected chi connectivity index (χ2v) is 7.87. The Labute approximate surface area is 181 Å². The minimum Gasteiger partial charge on any atom is -0.381 e. The van der Waals surface area contributed by atoms with Crippen LogP contribution in [0.25, 0.3) is 5.65 Å². The number of halogens is 1. The number of hydrogen-bond donors (Lipinski definition) is 2. The smallest absolute Gasteiger partial charge is 0.191 e. The lowest BCUT2D eigenvalue weighted by Gasteiger charge is -2.38. The zero-order chi connectivity index (χ0) is 20.8. The van der Waals surface area contributed by atoms with E-state index in [4.69, 9.17) is 21.3 Å². The Morgan fingerprint density at radius 1 is 1.13 bits per heavy atom. The molecule has 8 heteroatoms. The van der Waals surface area contributed by atoms with Crippen molar-refractivity contribution in [3.63, 3.8) is 0 Å². The summed E-state index contributed by atoms with van der Waals surface area (Å²) < 4.78 is 7.60. The molecular weight excluding hydrogens is 400 g/mol. The highest BCUT2D eigenvalue weighted by Crippen LogP contribution is 2.38. The summed E-state index contributed by atoms with van der Waals surface area (Å²) in [6.45, 7) is 5.45. The van der Waals surface area contributed by atoms with Crippen LogP contribution >= 0.6 is 11.6 Å². The van der Waals surface area contributed by atoms with E-state index in [-0.39, 0.29) is 5.41 Å². The van der Waals surface area contributed by atoms with Crippen molar-refractivity contribution in [2.75, 3.05) is 26.3 Å². The van der Waals surface area contributed by atoms with E-state index < -0.39 is 0 Å². The van der Waals surface area contributed by atoms with E-state index in [0.717, 1.165) is 61.6 Å². The van der Waals surface area contributed by atoms with Gasteiger partial charge in [-0.1, -0.05) is 35.9 Å². The molecule has 0 aliphatic carbocycles. The van der Waals surface area contributed by atoms with E-state index in [1.807, 2.05) is 47.0 Å². The second-order valence-electron chi connectivity index (χ2n) is 7.47. The molecule has 0 atom stereocenters. The van der Waals surface area contributed by atoms with Crippen molar-refractivity contribution in [3.05, 3.63) is 65.1 Å². The van der Waals surface area contributed by atoms with E-state index in [9.17, 15) is 0 Å². The highest BCUT2D eigenvalue weighted by Gasteiger charge is 2.36. The van der Waals surface area contributed by atoms with Crippen LogP contribution in [0.3, 0.4) is 0 Å². The SMILES string of the molecule is CCNC(=NCc1nnc2ccccn12)NCC1(c2ccccc2Cl)CCOCC1. The molecule has 1 saturated heterocycles. The highest BCUT2D eigenvalue weighted by atomic mass is 35.5. The molecule has 3 heterocycles. The monoisotopic (exact) mass is 426 g/mol. The molecule has 7 nitrogen and oxygen atoms in total. The fraction of sp³-hybridized carbons (Fsp3) is 0.409. The van der Waals surface area contributed by atoms with E-state index >= 15 is 0 Å². The predicted octanol–water partition coefficient (Wildman–Crippen LogP) is 3.19. The van der Waals surface area contributed by atoms with Gasteiger partial charge in [0, 0.05) is 42.9 Å². The number of aromatic nitrogens is 3. The third-order valence-electron chi connectivity index (χ3n) is 5.60. The summed E-state index contributed by atoms with van der Waals surface area (Å²) in [6.07, 6.45) is 3.78. The van der Waals surface area contributed by atoms with Gasteiger partial charge in [-0.05, 0) is 43.5 Å². The first kappa shape index (κ1) is 20.6. The van der Waals surface area contributed by atoms with Gasteiger partial charge in [0.1, 0.15) is 6.54 Å². The van der Waals surface area contributed by atoms with E-state index in [1.165, 1.54) is 5.56 Å². The van der Waals surface area contributed by atoms with Gasteiger partial charge in [-0.2, -0.15) is 0 Å². The Balaban J connectivity index is 1.53. The predicted molar refractivity (Wildman–Crippen MR) is 119 cm³/mol. The number of rotatable bonds is 6. The number of hydrogen-bond acceptors (Lipinski definition) is 4. The third kappa shape index (κ3) is 4.42. The number of aliphatic imine (C=N–C) groups is 1. The van der Waals surface area contributed by atoms with Gasteiger partial charge in [0.05, 0.1) is 0 Å². The second kappa shape index (κ2) is 9.45. The van der Waals surface area contributed by atoms with Gasteiger partial charge in [-0.3, -0.25) is 4.40 Å². The van der Waals surface area contributed by atoms with Gasteiger partial charge in [-0.15, -0.1) is 10.2 Å². The molecule has 1 fully saturated rings. The maximum Gasteiger partial charge on any atom is 0.191 e. The minimum absolute atomic E-state index is 0.0889. The molecule has 1 aliphatic rings. The number of guanidine groups is 1. The van der Waals surface area contributed by atoms with Crippen molar-refractivity contribution in [2.45, 2.75) is 31.7 Å². The average Bonchev–Trinajstić information content (AvgIpc) is 3.20. The molecule has 1 aromatic carbocycles. The standard InChI is InChI=1S/C22H27ClN6O/c1-2-24-21(25-15-20-28-27-19-9-5-6-12-29(19)20)26-16-22(10-13-30-14-11-22)17-7-3-4-8-18(17)23/h3-9,12H,2,10-11,13-16H2,1H3,(H2,24,25,26). The molecule has 1 aliphatic heterocycles. The highest BCUT2D eigenvalue weighted by molar-refractivity contribution is 6.31. The summed E-state index contributed by atoms with van der Waals surface area (Å²) in [6, 6.07) is 14.0. The molecule has 0 radical (unpaired) electrons. The van der Waals surface area contributed by atoms with Gasteiger partial charge in [0.15, 0.2) is 17.4 Å². The van der Waals surface area contributed by atoms with Crippen LogP contribution in [-0.2, 0) is 16.7 Å². The zero-order valence-corrected chi connectivity index (χ0v) is 17.9. The quantitative estimate of drug-likeness (QED) is 0.467. The normalized spacial score (nSPS) is 16.5. The Hall–Kier alpha value is -2.64. The van der Waals surface area contributed by atoms with Gasteiger partial charge < -0.3 is 15.4 Å². The molecule has 0 spiro atoms. The molecule has 3 aromatic rings. The average molecular weight is 427 g/mol. The van der Waals surface area contributed by atoms with E-state index in [0.29, 0.717) is 6.54 Å². The van der Waals surface area contributed by atoms with Crippen molar-refractivity contribution < 1.29 is 4.74 Å². The Morgan fingerprint density at radius 2 is 1.93 bits per heavy atom. The lowest BCUT2D eigenvalue weighted by atomic mass is 9.74. The molecule has 2 aromatic heterocycles. The molecule has 0 amide bonds. The number of fused-ring (bicyclic) bond motifs is 1. The molecule has 4 rings (SSSR count). The van der Waals surface area contributed by atoms with Crippen LogP contribution in [-0.4, -0.2) is 46.9 Å². The maximum absolute atomic E-state index is 6.58. The molecule has 2 N–H and O–H groups in total. The Kier molecular flexibility index (Phi) is 6.50. The molecule has 0 bridgehead atoms. The zero-order valence-electron chi connectivity index (χ0n) is 17.1. The van der Waals surface area contributed by atoms with Crippen molar-refractivity contribution in [1.82, 2.24) is 25.2 Å². The first-order valence-electron chi connectivity index (χ1n) is 10.4. The fourth-order valence-corrected chi connectivity index (χ4v) is 4.27. The lowest BCUT2D eigenvalue weighted by molar-refractivity contribution is 0.0514. The van der Waals surface area contributed by atoms with E-state index in [2.05, 4.69) is 33.8 Å². The summed E-state index contributed by atoms with van der Waals surface area (Å²) in [7, 11) is 0. The van der Waals surface area contributed by atoms with Crippen molar-refractivity contribution in [2.24, 2.45) is 4.99 Å². The first-order valence-corrected chi connectivity index (χ1v) is 10.7. The fourth-order valence-electron chi connectivity index (χ4n) is 3.94. The molecular formula is C22H27ClN6O. The summed E-state index contributed by atoms with van der Waals surface area (Å²) in [5.74, 6) is 1.55. The third-order valence-corrected chi connectivity index (χ3v) is 5.93. The molecule has 0 unspecified atom stereocenters. The van der Waals surface area contributed by atoms with Gasteiger partial charge in [-0.25, -0.2) is 4.99 Å². The van der Waals surface area contributed by atoms with Crippen LogP contribution in [0.2, 0.25) is 5.02 Å². The molecule has 158 valence electrons. The van der Waals surface area contributed by atoms with Gasteiger partial charge >= 0.3 is 0 Å². The van der Waals surface area contributed by atoms with Gasteiger partial charge in [0.2, 0.25) is 0 Å². The van der Waals surface area contributed by atoms with Crippen molar-refractivity contribution >= 4 is 23.2 Å².